The van der Waals surface area contributed by atoms with E-state index in [0.29, 0.717) is 0 Å². The van der Waals surface area contributed by atoms with E-state index in [9.17, 15) is 13.2 Å². The zero-order chi connectivity index (χ0) is 13.2. The first-order valence-electron chi connectivity index (χ1n) is 5.19. The normalized spacial score (nSPS) is 11.3. The van der Waals surface area contributed by atoms with Gasteiger partial charge in [-0.2, -0.15) is 13.2 Å². The summed E-state index contributed by atoms with van der Waals surface area (Å²) in [5.41, 5.74) is -0.545. The van der Waals surface area contributed by atoms with E-state index < -0.39 is 11.7 Å². The lowest BCUT2D eigenvalue weighted by Crippen LogP contribution is -2.08. The Morgan fingerprint density at radius 3 is 2.39 bits per heavy atom. The zero-order valence-electron chi connectivity index (χ0n) is 9.53. The number of alkyl halides is 3. The molecule has 0 saturated carbocycles. The maximum Gasteiger partial charge on any atom is 0.417 e. The Morgan fingerprint density at radius 2 is 1.83 bits per heavy atom. The molecule has 0 aliphatic rings. The van der Waals surface area contributed by atoms with Gasteiger partial charge in [0, 0.05) is 6.20 Å². The number of hydrogen-bond acceptors (Lipinski definition) is 2. The van der Waals surface area contributed by atoms with Gasteiger partial charge in [-0.1, -0.05) is 12.1 Å². The van der Waals surface area contributed by atoms with Crippen LogP contribution in [0.2, 0.25) is 0 Å². The molecule has 0 fully saturated rings. The molecule has 94 valence electrons. The van der Waals surface area contributed by atoms with Crippen LogP contribution < -0.4 is 4.74 Å². The molecule has 1 aromatic carbocycles. The fourth-order valence-electron chi connectivity index (χ4n) is 1.71. The van der Waals surface area contributed by atoms with Gasteiger partial charge in [0.1, 0.15) is 5.75 Å². The molecule has 0 N–H and O–H groups in total. The number of nitrogens with zero attached hydrogens (tertiary/aromatic N) is 1. The van der Waals surface area contributed by atoms with Crippen LogP contribution in [-0.4, -0.2) is 12.1 Å². The van der Waals surface area contributed by atoms with Crippen LogP contribution in [0.5, 0.6) is 5.75 Å². The summed E-state index contributed by atoms with van der Waals surface area (Å²) in [5.74, 6) is 0.156. The van der Waals surface area contributed by atoms with Crippen LogP contribution in [0.1, 0.15) is 5.56 Å². The predicted molar refractivity (Wildman–Crippen MR) is 61.2 cm³/mol. The Balaban J connectivity index is 2.70. The van der Waals surface area contributed by atoms with Crippen molar-refractivity contribution in [2.45, 2.75) is 6.18 Å². The molecule has 1 aromatic heterocycles. The van der Waals surface area contributed by atoms with Crippen LogP contribution in [0.15, 0.2) is 42.6 Å². The molecule has 0 unspecified atom stereocenters. The SMILES string of the molecule is COc1cccc(C(F)(F)F)c1-c1ccccn1. The maximum atomic E-state index is 13.0. The molecular formula is C13H10F3NO. The van der Waals surface area contributed by atoms with E-state index in [-0.39, 0.29) is 17.0 Å². The molecule has 0 bridgehead atoms. The summed E-state index contributed by atoms with van der Waals surface area (Å²) >= 11 is 0. The minimum Gasteiger partial charge on any atom is -0.496 e. The number of pyridine rings is 1. The number of aromatic nitrogens is 1. The number of methoxy groups -OCH3 is 1. The summed E-state index contributed by atoms with van der Waals surface area (Å²) in [6.45, 7) is 0. The monoisotopic (exact) mass is 253 g/mol. The Morgan fingerprint density at radius 1 is 1.06 bits per heavy atom. The molecule has 5 heteroatoms. The van der Waals surface area contributed by atoms with Gasteiger partial charge in [0.05, 0.1) is 23.9 Å². The van der Waals surface area contributed by atoms with Crippen LogP contribution in [0.25, 0.3) is 11.3 Å². The highest BCUT2D eigenvalue weighted by Crippen LogP contribution is 2.41. The molecule has 2 nitrogen and oxygen atoms in total. The smallest absolute Gasteiger partial charge is 0.417 e. The molecule has 1 heterocycles. The third-order valence-corrected chi connectivity index (χ3v) is 2.47. The average Bonchev–Trinajstić information content (AvgIpc) is 2.38. The second-order valence-electron chi connectivity index (χ2n) is 3.60. The van der Waals surface area contributed by atoms with Crippen molar-refractivity contribution in [2.24, 2.45) is 0 Å². The van der Waals surface area contributed by atoms with E-state index in [1.165, 1.54) is 31.5 Å². The summed E-state index contributed by atoms with van der Waals surface area (Å²) < 4.78 is 43.9. The van der Waals surface area contributed by atoms with Gasteiger partial charge in [-0.25, -0.2) is 0 Å². The first-order valence-corrected chi connectivity index (χ1v) is 5.19. The minimum absolute atomic E-state index is 0.0342. The lowest BCUT2D eigenvalue weighted by Gasteiger charge is -2.15. The first-order chi connectivity index (χ1) is 8.54. The van der Waals surface area contributed by atoms with Crippen LogP contribution in [0, 0.1) is 0 Å². The highest BCUT2D eigenvalue weighted by atomic mass is 19.4. The fraction of sp³-hybridized carbons (Fsp3) is 0.154. The fourth-order valence-corrected chi connectivity index (χ4v) is 1.71. The van der Waals surface area contributed by atoms with E-state index >= 15 is 0 Å². The average molecular weight is 253 g/mol. The highest BCUT2D eigenvalue weighted by molar-refractivity contribution is 5.71. The van der Waals surface area contributed by atoms with Crippen molar-refractivity contribution >= 4 is 0 Å². The lowest BCUT2D eigenvalue weighted by atomic mass is 10.0. The number of hydrogen-bond donors (Lipinski definition) is 0. The minimum atomic E-state index is -4.44. The van der Waals surface area contributed by atoms with Crippen molar-refractivity contribution in [3.8, 4) is 17.0 Å². The van der Waals surface area contributed by atoms with Gasteiger partial charge in [-0.15, -0.1) is 0 Å². The third-order valence-electron chi connectivity index (χ3n) is 2.47. The van der Waals surface area contributed by atoms with Gasteiger partial charge in [-0.3, -0.25) is 4.98 Å². The molecule has 0 radical (unpaired) electrons. The summed E-state index contributed by atoms with van der Waals surface area (Å²) in [6, 6.07) is 8.62. The predicted octanol–water partition coefficient (Wildman–Crippen LogP) is 3.78. The Bertz CT molecular complexity index is 538. The number of ether oxygens (including phenoxy) is 1. The largest absolute Gasteiger partial charge is 0.496 e. The number of halogens is 3. The standard InChI is InChI=1S/C13H10F3NO/c1-18-11-7-4-5-9(13(14,15)16)12(11)10-6-2-3-8-17-10/h2-8H,1H3. The molecule has 2 aromatic rings. The van der Waals surface area contributed by atoms with Crippen molar-refractivity contribution in [1.29, 1.82) is 0 Å². The molecule has 0 amide bonds. The van der Waals surface area contributed by atoms with Gasteiger partial charge in [0.25, 0.3) is 0 Å². The summed E-state index contributed by atoms with van der Waals surface area (Å²) in [7, 11) is 1.34. The van der Waals surface area contributed by atoms with E-state index in [4.69, 9.17) is 4.74 Å². The van der Waals surface area contributed by atoms with Crippen molar-refractivity contribution in [2.75, 3.05) is 7.11 Å². The zero-order valence-corrected chi connectivity index (χ0v) is 9.53. The van der Waals surface area contributed by atoms with Crippen molar-refractivity contribution in [1.82, 2.24) is 4.98 Å². The van der Waals surface area contributed by atoms with Gasteiger partial charge in [-0.05, 0) is 24.3 Å². The van der Waals surface area contributed by atoms with E-state index in [1.807, 2.05) is 0 Å². The molecule has 0 aliphatic heterocycles. The molecule has 0 spiro atoms. The van der Waals surface area contributed by atoms with Crippen LogP contribution in [-0.2, 0) is 6.18 Å². The molecular weight excluding hydrogens is 243 g/mol. The molecule has 0 aliphatic carbocycles. The summed E-state index contributed by atoms with van der Waals surface area (Å²) in [6.07, 6.45) is -3.00. The number of benzene rings is 1. The highest BCUT2D eigenvalue weighted by Gasteiger charge is 2.35. The van der Waals surface area contributed by atoms with E-state index in [2.05, 4.69) is 4.98 Å². The van der Waals surface area contributed by atoms with E-state index in [0.717, 1.165) is 6.07 Å². The second-order valence-corrected chi connectivity index (χ2v) is 3.60. The van der Waals surface area contributed by atoms with Crippen LogP contribution in [0.3, 0.4) is 0 Å². The molecule has 18 heavy (non-hydrogen) atoms. The Hall–Kier alpha value is -2.04. The third kappa shape index (κ3) is 2.30. The van der Waals surface area contributed by atoms with Crippen LogP contribution >= 0.6 is 0 Å². The molecule has 0 saturated heterocycles. The van der Waals surface area contributed by atoms with E-state index in [1.54, 1.807) is 12.1 Å². The van der Waals surface area contributed by atoms with Crippen molar-refractivity contribution < 1.29 is 17.9 Å². The van der Waals surface area contributed by atoms with Crippen molar-refractivity contribution in [3.05, 3.63) is 48.2 Å². The topological polar surface area (TPSA) is 22.1 Å². The van der Waals surface area contributed by atoms with Gasteiger partial charge >= 0.3 is 6.18 Å². The maximum absolute atomic E-state index is 13.0. The first kappa shape index (κ1) is 12.4. The quantitative estimate of drug-likeness (QED) is 0.812. The summed E-state index contributed by atoms with van der Waals surface area (Å²) in [4.78, 5) is 3.95. The van der Waals surface area contributed by atoms with Gasteiger partial charge in [0.2, 0.25) is 0 Å². The van der Waals surface area contributed by atoms with Gasteiger partial charge in [0.15, 0.2) is 0 Å². The van der Waals surface area contributed by atoms with Crippen molar-refractivity contribution in [3.63, 3.8) is 0 Å². The summed E-state index contributed by atoms with van der Waals surface area (Å²) in [5, 5.41) is 0. The van der Waals surface area contributed by atoms with Crippen LogP contribution in [0.4, 0.5) is 13.2 Å². The molecule has 0 atom stereocenters. The molecule has 2 rings (SSSR count). The Kier molecular flexibility index (Phi) is 3.23. The number of rotatable bonds is 2. The lowest BCUT2D eigenvalue weighted by molar-refractivity contribution is -0.137. The van der Waals surface area contributed by atoms with Gasteiger partial charge < -0.3 is 4.74 Å². The Labute approximate surface area is 102 Å². The second kappa shape index (κ2) is 4.68.